The van der Waals surface area contributed by atoms with E-state index in [-0.39, 0.29) is 0 Å². The molecule has 0 amide bonds. The standard InChI is InChI=1S/C17H14ClNO2S/c1-22(20,21)16-10-4-13(5-11-16)17-3-2-12-19(17)15-8-6-14(18)7-9-15/h2-12H,1H3. The summed E-state index contributed by atoms with van der Waals surface area (Å²) >= 11 is 5.92. The second kappa shape index (κ2) is 5.63. The third-order valence-electron chi connectivity index (χ3n) is 3.43. The van der Waals surface area contributed by atoms with Crippen LogP contribution in [0.1, 0.15) is 0 Å². The average Bonchev–Trinajstić information content (AvgIpc) is 2.97. The number of benzene rings is 2. The van der Waals surface area contributed by atoms with Gasteiger partial charge >= 0.3 is 0 Å². The number of hydrogen-bond donors (Lipinski definition) is 0. The van der Waals surface area contributed by atoms with E-state index in [9.17, 15) is 8.42 Å². The molecule has 1 heterocycles. The van der Waals surface area contributed by atoms with Crippen molar-refractivity contribution in [1.82, 2.24) is 4.57 Å². The maximum absolute atomic E-state index is 11.5. The quantitative estimate of drug-likeness (QED) is 0.721. The highest BCUT2D eigenvalue weighted by molar-refractivity contribution is 7.90. The van der Waals surface area contributed by atoms with Crippen LogP contribution in [0.15, 0.2) is 71.8 Å². The average molecular weight is 332 g/mol. The van der Waals surface area contributed by atoms with Gasteiger partial charge in [-0.2, -0.15) is 0 Å². The Bertz CT molecular complexity index is 895. The molecule has 0 aliphatic rings. The Morgan fingerprint density at radius 3 is 2.14 bits per heavy atom. The molecule has 0 aliphatic carbocycles. The molecule has 22 heavy (non-hydrogen) atoms. The van der Waals surface area contributed by atoms with E-state index in [4.69, 9.17) is 11.6 Å². The minimum absolute atomic E-state index is 0.320. The SMILES string of the molecule is CS(=O)(=O)c1ccc(-c2cccn2-c2ccc(Cl)cc2)cc1. The first kappa shape index (κ1) is 14.9. The lowest BCUT2D eigenvalue weighted by molar-refractivity contribution is 0.602. The summed E-state index contributed by atoms with van der Waals surface area (Å²) in [6, 6.07) is 18.4. The van der Waals surface area contributed by atoms with Crippen LogP contribution in [-0.4, -0.2) is 19.2 Å². The van der Waals surface area contributed by atoms with Crippen molar-refractivity contribution in [1.29, 1.82) is 0 Å². The first-order chi connectivity index (χ1) is 10.4. The van der Waals surface area contributed by atoms with E-state index >= 15 is 0 Å². The van der Waals surface area contributed by atoms with Gasteiger partial charge in [-0.3, -0.25) is 0 Å². The molecule has 1 aromatic heterocycles. The van der Waals surface area contributed by atoms with Crippen molar-refractivity contribution in [3.63, 3.8) is 0 Å². The van der Waals surface area contributed by atoms with Crippen molar-refractivity contribution in [2.45, 2.75) is 4.90 Å². The van der Waals surface area contributed by atoms with Crippen LogP contribution in [0.5, 0.6) is 0 Å². The number of rotatable bonds is 3. The highest BCUT2D eigenvalue weighted by Crippen LogP contribution is 2.25. The largest absolute Gasteiger partial charge is 0.317 e. The molecule has 0 unspecified atom stereocenters. The fourth-order valence-corrected chi connectivity index (χ4v) is 3.07. The van der Waals surface area contributed by atoms with Crippen LogP contribution < -0.4 is 0 Å². The zero-order valence-corrected chi connectivity index (χ0v) is 13.5. The molecule has 3 rings (SSSR count). The third kappa shape index (κ3) is 2.93. The molecular weight excluding hydrogens is 318 g/mol. The van der Waals surface area contributed by atoms with Crippen LogP contribution in [0.2, 0.25) is 5.02 Å². The molecule has 0 saturated heterocycles. The van der Waals surface area contributed by atoms with E-state index < -0.39 is 9.84 Å². The first-order valence-corrected chi connectivity index (χ1v) is 8.96. The summed E-state index contributed by atoms with van der Waals surface area (Å²) in [6.07, 6.45) is 3.17. The van der Waals surface area contributed by atoms with Gasteiger partial charge in [0.05, 0.1) is 10.6 Å². The minimum atomic E-state index is -3.18. The molecule has 0 aliphatic heterocycles. The van der Waals surface area contributed by atoms with Crippen molar-refractivity contribution in [2.75, 3.05) is 6.26 Å². The van der Waals surface area contributed by atoms with Gasteiger partial charge in [-0.25, -0.2) is 8.42 Å². The number of aromatic nitrogens is 1. The van der Waals surface area contributed by atoms with Crippen molar-refractivity contribution in [3.05, 3.63) is 71.9 Å². The van der Waals surface area contributed by atoms with Gasteiger partial charge in [-0.1, -0.05) is 23.7 Å². The highest BCUT2D eigenvalue weighted by atomic mass is 35.5. The van der Waals surface area contributed by atoms with Crippen LogP contribution in [0, 0.1) is 0 Å². The summed E-state index contributed by atoms with van der Waals surface area (Å²) in [5.41, 5.74) is 2.94. The molecule has 112 valence electrons. The van der Waals surface area contributed by atoms with Crippen molar-refractivity contribution < 1.29 is 8.42 Å². The Labute approximate surface area is 134 Å². The summed E-state index contributed by atoms with van der Waals surface area (Å²) in [5.74, 6) is 0. The van der Waals surface area contributed by atoms with Crippen LogP contribution in [0.3, 0.4) is 0 Å². The van der Waals surface area contributed by atoms with E-state index in [2.05, 4.69) is 0 Å². The summed E-state index contributed by atoms with van der Waals surface area (Å²) in [5, 5.41) is 0.690. The summed E-state index contributed by atoms with van der Waals surface area (Å²) < 4.78 is 25.1. The number of hydrogen-bond acceptors (Lipinski definition) is 2. The van der Waals surface area contributed by atoms with E-state index in [0.717, 1.165) is 16.9 Å². The normalized spacial score (nSPS) is 11.5. The van der Waals surface area contributed by atoms with Crippen molar-refractivity contribution in [2.24, 2.45) is 0 Å². The molecule has 3 nitrogen and oxygen atoms in total. The molecule has 0 fully saturated rings. The van der Waals surface area contributed by atoms with Gasteiger partial charge in [0.1, 0.15) is 0 Å². The van der Waals surface area contributed by atoms with Gasteiger partial charge in [0.15, 0.2) is 9.84 Å². The highest BCUT2D eigenvalue weighted by Gasteiger charge is 2.09. The monoisotopic (exact) mass is 331 g/mol. The second-order valence-electron chi connectivity index (χ2n) is 5.04. The molecule has 0 spiro atoms. The number of nitrogens with zero attached hydrogens (tertiary/aromatic N) is 1. The Hall–Kier alpha value is -2.04. The molecule has 0 saturated carbocycles. The Balaban J connectivity index is 2.03. The lowest BCUT2D eigenvalue weighted by Gasteiger charge is -2.10. The maximum atomic E-state index is 11.5. The second-order valence-corrected chi connectivity index (χ2v) is 7.49. The van der Waals surface area contributed by atoms with Crippen molar-refractivity contribution in [3.8, 4) is 16.9 Å². The van der Waals surface area contributed by atoms with Crippen molar-refractivity contribution >= 4 is 21.4 Å². The predicted octanol–water partition coefficient (Wildman–Crippen LogP) is 4.20. The van der Waals surface area contributed by atoms with Gasteiger partial charge in [-0.05, 0) is 54.1 Å². The fraction of sp³-hybridized carbons (Fsp3) is 0.0588. The topological polar surface area (TPSA) is 39.1 Å². The Kier molecular flexibility index (Phi) is 3.81. The van der Waals surface area contributed by atoms with Gasteiger partial charge in [-0.15, -0.1) is 0 Å². The van der Waals surface area contributed by atoms with E-state index in [1.54, 1.807) is 12.1 Å². The maximum Gasteiger partial charge on any atom is 0.175 e. The zero-order valence-electron chi connectivity index (χ0n) is 11.9. The Morgan fingerprint density at radius 2 is 1.55 bits per heavy atom. The van der Waals surface area contributed by atoms with Gasteiger partial charge < -0.3 is 4.57 Å². The lowest BCUT2D eigenvalue weighted by Crippen LogP contribution is -1.98. The molecule has 0 N–H and O–H groups in total. The van der Waals surface area contributed by atoms with Crippen LogP contribution in [0.4, 0.5) is 0 Å². The van der Waals surface area contributed by atoms with Gasteiger partial charge in [0.25, 0.3) is 0 Å². The molecule has 2 aromatic carbocycles. The lowest BCUT2D eigenvalue weighted by atomic mass is 10.1. The molecular formula is C17H14ClNO2S. The third-order valence-corrected chi connectivity index (χ3v) is 4.81. The fourth-order valence-electron chi connectivity index (χ4n) is 2.32. The van der Waals surface area contributed by atoms with E-state index in [1.165, 1.54) is 6.26 Å². The smallest absolute Gasteiger partial charge is 0.175 e. The van der Waals surface area contributed by atoms with Gasteiger partial charge in [0.2, 0.25) is 0 Å². The number of sulfone groups is 1. The Morgan fingerprint density at radius 1 is 0.909 bits per heavy atom. The van der Waals surface area contributed by atoms with E-state index in [0.29, 0.717) is 9.92 Å². The molecule has 5 heteroatoms. The zero-order chi connectivity index (χ0) is 15.7. The van der Waals surface area contributed by atoms with Gasteiger partial charge in [0, 0.05) is 23.2 Å². The summed E-state index contributed by atoms with van der Waals surface area (Å²) in [6.45, 7) is 0. The predicted molar refractivity (Wildman–Crippen MR) is 89.3 cm³/mol. The van der Waals surface area contributed by atoms with Crippen LogP contribution in [0.25, 0.3) is 16.9 Å². The van der Waals surface area contributed by atoms with Crippen LogP contribution in [-0.2, 0) is 9.84 Å². The molecule has 0 atom stereocenters. The molecule has 3 aromatic rings. The summed E-state index contributed by atoms with van der Waals surface area (Å²) in [4.78, 5) is 0.320. The minimum Gasteiger partial charge on any atom is -0.317 e. The first-order valence-electron chi connectivity index (χ1n) is 6.69. The number of halogens is 1. The molecule has 0 bridgehead atoms. The molecule has 0 radical (unpaired) electrons. The van der Waals surface area contributed by atoms with Crippen LogP contribution >= 0.6 is 11.6 Å². The summed E-state index contributed by atoms with van der Waals surface area (Å²) in [7, 11) is -3.18. The van der Waals surface area contributed by atoms with E-state index in [1.807, 2.05) is 59.3 Å².